The monoisotopic (exact) mass is 401 g/mol. The molecule has 1 aromatic heterocycles. The minimum Gasteiger partial charge on any atom is -0.401 e. The number of carbonyl (C=O) groups is 1. The van der Waals surface area contributed by atoms with E-state index in [1.165, 1.54) is 5.69 Å². The maximum absolute atomic E-state index is 13.1. The molecule has 30 heavy (non-hydrogen) atoms. The number of aryl methyl sites for hydroxylation is 2. The van der Waals surface area contributed by atoms with Crippen LogP contribution in [0.3, 0.4) is 0 Å². The third-order valence-corrected chi connectivity index (χ3v) is 6.14. The Morgan fingerprint density at radius 2 is 1.80 bits per heavy atom. The lowest BCUT2D eigenvalue weighted by Gasteiger charge is -2.24. The highest BCUT2D eigenvalue weighted by atomic mass is 16.1. The average Bonchev–Trinajstić information content (AvgIpc) is 2.73. The Bertz CT molecular complexity index is 1190. The number of ketones is 1. The van der Waals surface area contributed by atoms with E-state index >= 15 is 0 Å². The number of Topliss-reactive ketones (excluding diaryl/α,β-unsaturated/α-hetero) is 1. The highest BCUT2D eigenvalue weighted by Crippen LogP contribution is 2.30. The van der Waals surface area contributed by atoms with Crippen LogP contribution in [0.5, 0.6) is 0 Å². The molecule has 1 atom stereocenters. The second-order valence-corrected chi connectivity index (χ2v) is 8.00. The van der Waals surface area contributed by atoms with Crippen molar-refractivity contribution in [1.29, 1.82) is 0 Å². The van der Waals surface area contributed by atoms with Gasteiger partial charge in [0.1, 0.15) is 5.52 Å². The van der Waals surface area contributed by atoms with Crippen LogP contribution in [-0.2, 0) is 0 Å². The fourth-order valence-electron chi connectivity index (χ4n) is 4.28. The zero-order valence-electron chi connectivity index (χ0n) is 18.4. The highest BCUT2D eigenvalue weighted by Gasteiger charge is 2.35. The summed E-state index contributed by atoms with van der Waals surface area (Å²) in [5.74, 6) is -0.386. The van der Waals surface area contributed by atoms with Gasteiger partial charge in [0.2, 0.25) is 16.9 Å². The molecule has 0 bridgehead atoms. The van der Waals surface area contributed by atoms with Crippen LogP contribution in [0.1, 0.15) is 48.1 Å². The zero-order valence-corrected chi connectivity index (χ0v) is 18.4. The molecule has 1 unspecified atom stereocenters. The Morgan fingerprint density at radius 1 is 1.10 bits per heavy atom. The van der Waals surface area contributed by atoms with Crippen LogP contribution < -0.4 is 15.2 Å². The average molecular weight is 402 g/mol. The standard InChI is InChI=1S/C25H28N4O/c1-6-28(7-2)21-14-22-19(12-16(21)4)27-24-23(13-18(26)17(5)25(24)30)29(22)20-11-9-8-10-15(20)3/h8-14,17,26H,6-7H2,1-5H3/p+1. The van der Waals surface area contributed by atoms with E-state index in [2.05, 4.69) is 61.4 Å². The van der Waals surface area contributed by atoms with Crippen LogP contribution >= 0.6 is 0 Å². The van der Waals surface area contributed by atoms with Crippen LogP contribution in [0.2, 0.25) is 0 Å². The summed E-state index contributed by atoms with van der Waals surface area (Å²) in [4.78, 5) is 20.2. The van der Waals surface area contributed by atoms with Gasteiger partial charge in [0.15, 0.2) is 11.5 Å². The molecule has 4 rings (SSSR count). The molecular weight excluding hydrogens is 372 g/mol. The predicted molar refractivity (Wildman–Crippen MR) is 122 cm³/mol. The van der Waals surface area contributed by atoms with Gasteiger partial charge in [-0.05, 0) is 46.2 Å². The molecular formula is C25H29N4O+. The minimum absolute atomic E-state index is 0.0280. The van der Waals surface area contributed by atoms with E-state index in [1.807, 2.05) is 25.1 Å². The number of aromatic nitrogens is 2. The lowest BCUT2D eigenvalue weighted by molar-refractivity contribution is -0.570. The molecule has 3 aromatic rings. The molecule has 1 heterocycles. The molecule has 1 aliphatic carbocycles. The van der Waals surface area contributed by atoms with Crippen molar-refractivity contribution in [3.05, 3.63) is 64.6 Å². The van der Waals surface area contributed by atoms with Gasteiger partial charge >= 0.3 is 0 Å². The first-order valence-electron chi connectivity index (χ1n) is 10.6. The van der Waals surface area contributed by atoms with Crippen LogP contribution in [0.25, 0.3) is 22.8 Å². The van der Waals surface area contributed by atoms with E-state index in [0.717, 1.165) is 46.6 Å². The number of nitrogens with two attached hydrogens (primary N) is 1. The lowest BCUT2D eigenvalue weighted by Crippen LogP contribution is -2.42. The second-order valence-electron chi connectivity index (χ2n) is 8.00. The van der Waals surface area contributed by atoms with E-state index in [0.29, 0.717) is 11.4 Å². The summed E-state index contributed by atoms with van der Waals surface area (Å²) in [6.07, 6.45) is 1.91. The molecule has 0 radical (unpaired) electrons. The number of nitrogens with zero attached hydrogens (tertiary/aromatic N) is 3. The Labute approximate surface area is 177 Å². The van der Waals surface area contributed by atoms with Crippen LogP contribution in [0.4, 0.5) is 5.69 Å². The molecule has 2 aromatic carbocycles. The normalized spacial score (nSPS) is 15.8. The second kappa shape index (κ2) is 7.56. The van der Waals surface area contributed by atoms with Gasteiger partial charge in [-0.15, -0.1) is 4.57 Å². The van der Waals surface area contributed by atoms with Crippen molar-refractivity contribution in [2.75, 3.05) is 18.0 Å². The Balaban J connectivity index is 2.16. The number of allylic oxidation sites excluding steroid dienone is 1. The van der Waals surface area contributed by atoms with Crippen LogP contribution in [0.15, 0.2) is 42.1 Å². The first kappa shape index (κ1) is 20.1. The van der Waals surface area contributed by atoms with Gasteiger partial charge in [-0.2, -0.15) is 0 Å². The molecule has 0 aliphatic heterocycles. The topological polar surface area (TPSA) is 63.1 Å². The van der Waals surface area contributed by atoms with Crippen molar-refractivity contribution in [2.45, 2.75) is 34.6 Å². The predicted octanol–water partition coefficient (Wildman–Crippen LogP) is 4.11. The molecule has 154 valence electrons. The van der Waals surface area contributed by atoms with Crippen molar-refractivity contribution in [3.63, 3.8) is 0 Å². The smallest absolute Gasteiger partial charge is 0.243 e. The quantitative estimate of drug-likeness (QED) is 0.669. The summed E-state index contributed by atoms with van der Waals surface area (Å²) in [5.41, 5.74) is 14.4. The molecule has 0 saturated heterocycles. The van der Waals surface area contributed by atoms with Gasteiger partial charge in [0.05, 0.1) is 5.92 Å². The Kier molecular flexibility index (Phi) is 5.06. The molecule has 0 saturated carbocycles. The molecule has 5 heteroatoms. The first-order valence-corrected chi connectivity index (χ1v) is 10.6. The summed E-state index contributed by atoms with van der Waals surface area (Å²) in [5, 5.41) is 0. The molecule has 0 spiro atoms. The molecule has 2 N–H and O–H groups in total. The lowest BCUT2D eigenvalue weighted by atomic mass is 9.92. The van der Waals surface area contributed by atoms with Crippen molar-refractivity contribution in [2.24, 2.45) is 11.7 Å². The van der Waals surface area contributed by atoms with Crippen molar-refractivity contribution >= 4 is 28.6 Å². The number of carbonyl (C=O) groups excluding carboxylic acids is 1. The summed E-state index contributed by atoms with van der Waals surface area (Å²) >= 11 is 0. The van der Waals surface area contributed by atoms with E-state index in [4.69, 9.17) is 10.7 Å². The Morgan fingerprint density at radius 3 is 2.47 bits per heavy atom. The van der Waals surface area contributed by atoms with E-state index in [-0.39, 0.29) is 11.7 Å². The molecule has 1 aliphatic rings. The number of para-hydroxylation sites is 1. The van der Waals surface area contributed by atoms with E-state index in [9.17, 15) is 4.79 Å². The SMILES string of the molecule is CCN(CC)c1cc2c(cc1C)nc1c([n+]2-c2ccccc2C)C=C(N)C(C)C1=O. The molecule has 0 fully saturated rings. The van der Waals surface area contributed by atoms with Gasteiger partial charge in [0, 0.05) is 48.2 Å². The Hall–Kier alpha value is -3.21. The van der Waals surface area contributed by atoms with Crippen molar-refractivity contribution in [3.8, 4) is 5.69 Å². The maximum Gasteiger partial charge on any atom is 0.243 e. The summed E-state index contributed by atoms with van der Waals surface area (Å²) < 4.78 is 2.15. The van der Waals surface area contributed by atoms with Crippen molar-refractivity contribution in [1.82, 2.24) is 4.98 Å². The van der Waals surface area contributed by atoms with Crippen LogP contribution in [-0.4, -0.2) is 23.9 Å². The number of hydrogen-bond donors (Lipinski definition) is 1. The van der Waals surface area contributed by atoms with Crippen LogP contribution in [0, 0.1) is 19.8 Å². The third-order valence-electron chi connectivity index (χ3n) is 6.14. The van der Waals surface area contributed by atoms with Gasteiger partial charge in [0.25, 0.3) is 0 Å². The fraction of sp³-hybridized carbons (Fsp3) is 0.320. The molecule has 0 amide bonds. The fourth-order valence-corrected chi connectivity index (χ4v) is 4.28. The summed E-state index contributed by atoms with van der Waals surface area (Å²) in [6, 6.07) is 12.5. The number of benzene rings is 2. The van der Waals surface area contributed by atoms with Gasteiger partial charge < -0.3 is 10.6 Å². The van der Waals surface area contributed by atoms with Gasteiger partial charge in [-0.25, -0.2) is 4.98 Å². The van der Waals surface area contributed by atoms with Gasteiger partial charge in [-0.3, -0.25) is 4.79 Å². The summed E-state index contributed by atoms with van der Waals surface area (Å²) in [7, 11) is 0. The number of anilines is 1. The largest absolute Gasteiger partial charge is 0.401 e. The number of rotatable bonds is 4. The first-order chi connectivity index (χ1) is 14.4. The minimum atomic E-state index is -0.358. The maximum atomic E-state index is 13.1. The zero-order chi connectivity index (χ0) is 21.6. The number of fused-ring (bicyclic) bond motifs is 2. The van der Waals surface area contributed by atoms with Gasteiger partial charge in [-0.1, -0.05) is 18.2 Å². The number of hydrogen-bond acceptors (Lipinski definition) is 4. The van der Waals surface area contributed by atoms with E-state index in [1.54, 1.807) is 0 Å². The van der Waals surface area contributed by atoms with Crippen molar-refractivity contribution < 1.29 is 9.36 Å². The summed E-state index contributed by atoms with van der Waals surface area (Å²) in [6.45, 7) is 12.2. The highest BCUT2D eigenvalue weighted by molar-refractivity contribution is 6.03. The van der Waals surface area contributed by atoms with E-state index < -0.39 is 0 Å². The third kappa shape index (κ3) is 3.05. The molecule has 5 nitrogen and oxygen atoms in total.